The first kappa shape index (κ1) is 42.6. The number of thiophene rings is 1. The van der Waals surface area contributed by atoms with Crippen molar-refractivity contribution in [2.24, 2.45) is 4.99 Å². The van der Waals surface area contributed by atoms with Crippen LogP contribution in [-0.4, -0.2) is 62.4 Å². The Kier molecular flexibility index (Phi) is 14.8. The molecule has 1 fully saturated rings. The molecule has 6 rings (SSSR count). The molecule has 2 aromatic carbocycles. The summed E-state index contributed by atoms with van der Waals surface area (Å²) in [6.45, 7) is 6.75. The van der Waals surface area contributed by atoms with Crippen molar-refractivity contribution in [2.75, 3.05) is 11.9 Å². The van der Waals surface area contributed by atoms with E-state index in [4.69, 9.17) is 16.6 Å². The van der Waals surface area contributed by atoms with Crippen molar-refractivity contribution in [2.45, 2.75) is 123 Å². The molecule has 14 heteroatoms. The van der Waals surface area contributed by atoms with Crippen LogP contribution in [0.4, 0.5) is 5.69 Å². The van der Waals surface area contributed by atoms with Crippen LogP contribution in [-0.2, 0) is 30.4 Å². The lowest BCUT2D eigenvalue weighted by molar-refractivity contribution is -0.134. The number of unbranched alkanes of at least 4 members (excludes halogenated alkanes) is 7. The normalized spacial score (nSPS) is 16.2. The highest BCUT2D eigenvalue weighted by Crippen LogP contribution is 2.39. The van der Waals surface area contributed by atoms with E-state index in [9.17, 15) is 24.0 Å². The lowest BCUT2D eigenvalue weighted by Gasteiger charge is -2.21. The number of ketones is 2. The zero-order valence-corrected chi connectivity index (χ0v) is 35.1. The number of nitrogens with zero attached hydrogens (tertiary/aromatic N) is 4. The molecule has 2 aliphatic rings. The van der Waals surface area contributed by atoms with E-state index in [0.717, 1.165) is 90.2 Å². The van der Waals surface area contributed by atoms with E-state index >= 15 is 0 Å². The molecule has 2 aromatic heterocycles. The van der Waals surface area contributed by atoms with Crippen LogP contribution in [0.1, 0.15) is 128 Å². The molecule has 2 atom stereocenters. The average molecular weight is 826 g/mol. The van der Waals surface area contributed by atoms with Gasteiger partial charge in [-0.2, -0.15) is 0 Å². The van der Waals surface area contributed by atoms with Crippen molar-refractivity contribution >= 4 is 63.6 Å². The first-order valence-electron chi connectivity index (χ1n) is 20.3. The van der Waals surface area contributed by atoms with Crippen molar-refractivity contribution in [1.82, 2.24) is 25.4 Å². The van der Waals surface area contributed by atoms with Gasteiger partial charge in [-0.05, 0) is 75.4 Å². The number of carbonyl (C=O) groups is 5. The second-order valence-corrected chi connectivity index (χ2v) is 16.9. The van der Waals surface area contributed by atoms with Crippen LogP contribution < -0.4 is 16.0 Å². The number of fused-ring (bicyclic) bond motifs is 3. The van der Waals surface area contributed by atoms with Gasteiger partial charge in [-0.1, -0.05) is 74.4 Å². The first-order valence-corrected chi connectivity index (χ1v) is 21.5. The number of amides is 3. The maximum Gasteiger partial charge on any atom is 0.225 e. The number of nitrogens with one attached hydrogen (secondary N) is 3. The van der Waals surface area contributed by atoms with Crippen LogP contribution in [0, 0.1) is 20.8 Å². The zero-order chi connectivity index (χ0) is 41.2. The van der Waals surface area contributed by atoms with Crippen LogP contribution in [0.2, 0.25) is 5.02 Å². The Morgan fingerprint density at radius 2 is 1.60 bits per heavy atom. The van der Waals surface area contributed by atoms with Gasteiger partial charge in [0.25, 0.3) is 0 Å². The minimum absolute atomic E-state index is 0.0624. The third kappa shape index (κ3) is 11.1. The van der Waals surface area contributed by atoms with Gasteiger partial charge in [-0.3, -0.25) is 33.5 Å². The van der Waals surface area contributed by atoms with E-state index in [1.54, 1.807) is 35.6 Å². The third-order valence-electron chi connectivity index (χ3n) is 10.8. The lowest BCUT2D eigenvalue weighted by Crippen LogP contribution is -2.44. The molecular weight excluding hydrogens is 774 g/mol. The molecule has 3 amide bonds. The number of aryl methyl sites for hydroxylation is 2. The van der Waals surface area contributed by atoms with E-state index in [2.05, 4.69) is 44.6 Å². The Morgan fingerprint density at radius 3 is 2.34 bits per heavy atom. The maximum atomic E-state index is 13.3. The highest BCUT2D eigenvalue weighted by atomic mass is 35.5. The maximum absolute atomic E-state index is 13.3. The molecule has 306 valence electrons. The molecule has 4 aromatic rings. The summed E-state index contributed by atoms with van der Waals surface area (Å²) in [5, 5.41) is 19.3. The largest absolute Gasteiger partial charge is 0.356 e. The predicted octanol–water partition coefficient (Wildman–Crippen LogP) is 7.80. The van der Waals surface area contributed by atoms with E-state index in [0.29, 0.717) is 42.3 Å². The predicted molar refractivity (Wildman–Crippen MR) is 227 cm³/mol. The smallest absolute Gasteiger partial charge is 0.225 e. The number of rotatable bonds is 18. The van der Waals surface area contributed by atoms with Gasteiger partial charge in [-0.15, -0.1) is 21.5 Å². The minimum atomic E-state index is -0.607. The molecule has 0 bridgehead atoms. The highest BCUT2D eigenvalue weighted by Gasteiger charge is 2.32. The van der Waals surface area contributed by atoms with E-state index in [-0.39, 0.29) is 48.6 Å². The quantitative estimate of drug-likeness (QED) is 0.0681. The number of hydrogen-bond donors (Lipinski definition) is 3. The second-order valence-electron chi connectivity index (χ2n) is 15.3. The molecule has 3 heterocycles. The number of carbonyl (C=O) groups excluding carboxylic acids is 5. The lowest BCUT2D eigenvalue weighted by atomic mass is 9.93. The molecule has 1 saturated carbocycles. The molecule has 1 unspecified atom stereocenters. The van der Waals surface area contributed by atoms with Crippen molar-refractivity contribution in [3.05, 3.63) is 92.3 Å². The van der Waals surface area contributed by atoms with Gasteiger partial charge >= 0.3 is 0 Å². The van der Waals surface area contributed by atoms with Gasteiger partial charge in [0.15, 0.2) is 11.6 Å². The van der Waals surface area contributed by atoms with Crippen LogP contribution in [0.25, 0.3) is 5.00 Å². The zero-order valence-electron chi connectivity index (χ0n) is 33.5. The monoisotopic (exact) mass is 825 g/mol. The fraction of sp³-hybridized carbons (Fsp3) is 0.455. The summed E-state index contributed by atoms with van der Waals surface area (Å²) >= 11 is 7.91. The molecule has 1 aliphatic carbocycles. The average Bonchev–Trinajstić information content (AvgIpc) is 3.66. The summed E-state index contributed by atoms with van der Waals surface area (Å²) in [7, 11) is 0. The van der Waals surface area contributed by atoms with Crippen molar-refractivity contribution in [1.29, 1.82) is 0 Å². The van der Waals surface area contributed by atoms with Gasteiger partial charge in [0.2, 0.25) is 17.7 Å². The van der Waals surface area contributed by atoms with Gasteiger partial charge in [0, 0.05) is 46.1 Å². The molecule has 0 radical (unpaired) electrons. The second kappa shape index (κ2) is 20.1. The Hall–Kier alpha value is -5.01. The minimum Gasteiger partial charge on any atom is -0.356 e. The number of hydrogen-bond acceptors (Lipinski definition) is 9. The molecule has 3 N–H and O–H groups in total. The molecule has 0 spiro atoms. The third-order valence-corrected chi connectivity index (χ3v) is 12.2. The summed E-state index contributed by atoms with van der Waals surface area (Å²) in [6.07, 6.45) is 9.25. The van der Waals surface area contributed by atoms with Crippen LogP contribution >= 0.6 is 22.9 Å². The number of aromatic nitrogens is 3. The summed E-state index contributed by atoms with van der Waals surface area (Å²) < 4.78 is 2.06. The van der Waals surface area contributed by atoms with E-state index < -0.39 is 12.1 Å². The fourth-order valence-electron chi connectivity index (χ4n) is 7.52. The topological polar surface area (TPSA) is 165 Å². The van der Waals surface area contributed by atoms with Crippen LogP contribution in [0.3, 0.4) is 0 Å². The summed E-state index contributed by atoms with van der Waals surface area (Å²) in [5.74, 6) is 0.695. The molecule has 0 saturated heterocycles. The summed E-state index contributed by atoms with van der Waals surface area (Å²) in [6, 6.07) is 13.7. The Labute approximate surface area is 348 Å². The molecule has 58 heavy (non-hydrogen) atoms. The fourth-order valence-corrected chi connectivity index (χ4v) is 8.86. The van der Waals surface area contributed by atoms with Gasteiger partial charge in [0.1, 0.15) is 22.7 Å². The van der Waals surface area contributed by atoms with Gasteiger partial charge < -0.3 is 16.0 Å². The molecular formula is C44H52ClN7O5S. The molecule has 12 nitrogen and oxygen atoms in total. The Morgan fingerprint density at radius 1 is 0.879 bits per heavy atom. The first-order chi connectivity index (χ1) is 28.0. The van der Waals surface area contributed by atoms with Gasteiger partial charge in [-0.25, -0.2) is 0 Å². The van der Waals surface area contributed by atoms with Gasteiger partial charge in [0.05, 0.1) is 31.0 Å². The van der Waals surface area contributed by atoms with Crippen molar-refractivity contribution < 1.29 is 24.0 Å². The summed E-state index contributed by atoms with van der Waals surface area (Å²) in [5.41, 5.74) is 5.33. The number of halogens is 1. The highest BCUT2D eigenvalue weighted by molar-refractivity contribution is 7.15. The SMILES string of the molecule is Cc1sc2c(c1C)C(c1ccc(Cl)cc1)=N[C@@H](CC(=O)NCCCCCCCCCCC(=O)Nc1cccc(CC(=O)NC3CCC(=O)CC3=O)c1)c1nnc(C)n1-2. The van der Waals surface area contributed by atoms with E-state index in [1.807, 2.05) is 31.2 Å². The number of benzene rings is 2. The summed E-state index contributed by atoms with van der Waals surface area (Å²) in [4.78, 5) is 68.2. The standard InChI is InChI=1S/C44H52ClN7O5S/c1-27-28(2)58-44-41(27)42(31-16-18-32(45)19-17-31)49-36(43-51-50-29(3)52(43)44)26-39(56)46-22-11-9-7-5-4-6-8-10-15-38(55)47-33-14-12-13-30(23-33)24-40(57)48-35-21-20-34(53)25-37(35)54/h12-14,16-19,23,35-36H,4-11,15,20-22,24-26H2,1-3H3,(H,46,56)(H,47,55)(H,48,57)/t35?,36-/m0/s1. The van der Waals surface area contributed by atoms with Crippen LogP contribution in [0.15, 0.2) is 53.5 Å². The van der Waals surface area contributed by atoms with Crippen molar-refractivity contribution in [3.8, 4) is 5.00 Å². The number of Topliss-reactive ketones (excluding diaryl/α,β-unsaturated/α-hetero) is 2. The Balaban J connectivity index is 0.859. The number of aliphatic imine (C=N–C) groups is 1. The Bertz CT molecular complexity index is 2180. The van der Waals surface area contributed by atoms with Crippen molar-refractivity contribution in [3.63, 3.8) is 0 Å². The molecule has 1 aliphatic heterocycles. The van der Waals surface area contributed by atoms with Crippen LogP contribution in [0.5, 0.6) is 0 Å². The number of anilines is 1. The van der Waals surface area contributed by atoms with E-state index in [1.165, 1.54) is 4.88 Å².